The van der Waals surface area contributed by atoms with E-state index in [2.05, 4.69) is 10.3 Å². The smallest absolute Gasteiger partial charge is 0.337 e. The summed E-state index contributed by atoms with van der Waals surface area (Å²) in [5.41, 5.74) is 0.810. The highest BCUT2D eigenvalue weighted by atomic mass is 16.4. The minimum Gasteiger partial charge on any atom is -0.478 e. The van der Waals surface area contributed by atoms with Crippen molar-refractivity contribution in [1.82, 2.24) is 15.2 Å². The molecule has 6 heteroatoms. The van der Waals surface area contributed by atoms with Crippen LogP contribution >= 0.6 is 0 Å². The lowest BCUT2D eigenvalue weighted by Gasteiger charge is -2.19. The van der Waals surface area contributed by atoms with Gasteiger partial charge in [0.05, 0.1) is 11.3 Å². The Morgan fingerprint density at radius 2 is 2.11 bits per heavy atom. The molecule has 0 radical (unpaired) electrons. The van der Waals surface area contributed by atoms with Crippen LogP contribution in [-0.4, -0.2) is 53.0 Å². The first kappa shape index (κ1) is 13.5. The van der Waals surface area contributed by atoms with Crippen molar-refractivity contribution in [3.63, 3.8) is 0 Å². The van der Waals surface area contributed by atoms with Crippen LogP contribution in [0.5, 0.6) is 0 Å². The first-order valence-electron chi connectivity index (χ1n) is 6.30. The standard InChI is InChI=1S/C13H17N3O3/c1-9-10(13(18)19)3-4-11(15-9)12(17)16-7-2-5-14-6-8-16/h3-4,14H,2,5-8H2,1H3,(H,18,19). The van der Waals surface area contributed by atoms with Gasteiger partial charge in [0.25, 0.3) is 5.91 Å². The van der Waals surface area contributed by atoms with Crippen molar-refractivity contribution in [3.05, 3.63) is 29.1 Å². The summed E-state index contributed by atoms with van der Waals surface area (Å²) in [7, 11) is 0. The van der Waals surface area contributed by atoms with Gasteiger partial charge in [0.15, 0.2) is 0 Å². The number of carboxylic acid groups (broad SMARTS) is 1. The highest BCUT2D eigenvalue weighted by Gasteiger charge is 2.19. The normalized spacial score (nSPS) is 15.9. The third-order valence-electron chi connectivity index (χ3n) is 3.16. The van der Waals surface area contributed by atoms with Crippen LogP contribution in [0.4, 0.5) is 0 Å². The van der Waals surface area contributed by atoms with E-state index < -0.39 is 5.97 Å². The number of carbonyl (C=O) groups is 2. The van der Waals surface area contributed by atoms with E-state index in [1.807, 2.05) is 0 Å². The maximum atomic E-state index is 12.3. The Labute approximate surface area is 111 Å². The molecule has 0 unspecified atom stereocenters. The van der Waals surface area contributed by atoms with E-state index in [1.165, 1.54) is 12.1 Å². The number of carbonyl (C=O) groups excluding carboxylic acids is 1. The summed E-state index contributed by atoms with van der Waals surface area (Å²) in [5, 5.41) is 12.2. The first-order chi connectivity index (χ1) is 9.09. The Kier molecular flexibility index (Phi) is 4.11. The maximum Gasteiger partial charge on any atom is 0.337 e. The highest BCUT2D eigenvalue weighted by Crippen LogP contribution is 2.10. The van der Waals surface area contributed by atoms with Gasteiger partial charge in [-0.05, 0) is 32.0 Å². The number of nitrogens with zero attached hydrogens (tertiary/aromatic N) is 2. The molecule has 1 aliphatic rings. The number of aryl methyl sites for hydroxylation is 1. The SMILES string of the molecule is Cc1nc(C(=O)N2CCCNCC2)ccc1C(=O)O. The number of aromatic carboxylic acids is 1. The van der Waals surface area contributed by atoms with Crippen molar-refractivity contribution in [2.24, 2.45) is 0 Å². The van der Waals surface area contributed by atoms with E-state index >= 15 is 0 Å². The first-order valence-corrected chi connectivity index (χ1v) is 6.30. The molecule has 1 fully saturated rings. The summed E-state index contributed by atoms with van der Waals surface area (Å²) in [6, 6.07) is 2.92. The third kappa shape index (κ3) is 3.08. The van der Waals surface area contributed by atoms with Gasteiger partial charge in [-0.3, -0.25) is 4.79 Å². The van der Waals surface area contributed by atoms with Crippen LogP contribution in [0.1, 0.15) is 33.0 Å². The number of hydrogen-bond donors (Lipinski definition) is 2. The lowest BCUT2D eigenvalue weighted by atomic mass is 10.2. The van der Waals surface area contributed by atoms with Gasteiger partial charge in [-0.1, -0.05) is 0 Å². The number of amides is 1. The second-order valence-electron chi connectivity index (χ2n) is 4.53. The molecule has 0 bridgehead atoms. The van der Waals surface area contributed by atoms with Crippen molar-refractivity contribution in [1.29, 1.82) is 0 Å². The predicted octanol–water partition coefficient (Wildman–Crippen LogP) is 0.524. The van der Waals surface area contributed by atoms with Gasteiger partial charge in [0.1, 0.15) is 5.69 Å². The van der Waals surface area contributed by atoms with Crippen LogP contribution < -0.4 is 5.32 Å². The summed E-state index contributed by atoms with van der Waals surface area (Å²) >= 11 is 0. The van der Waals surface area contributed by atoms with Gasteiger partial charge >= 0.3 is 5.97 Å². The molecule has 0 aliphatic carbocycles. The van der Waals surface area contributed by atoms with Crippen LogP contribution in [0.25, 0.3) is 0 Å². The third-order valence-corrected chi connectivity index (χ3v) is 3.16. The van der Waals surface area contributed by atoms with Crippen molar-refractivity contribution in [3.8, 4) is 0 Å². The fourth-order valence-corrected chi connectivity index (χ4v) is 2.12. The number of aromatic nitrogens is 1. The zero-order valence-corrected chi connectivity index (χ0v) is 10.8. The fraction of sp³-hybridized carbons (Fsp3) is 0.462. The molecule has 0 saturated carbocycles. The second-order valence-corrected chi connectivity index (χ2v) is 4.53. The van der Waals surface area contributed by atoms with Gasteiger partial charge in [-0.25, -0.2) is 9.78 Å². The lowest BCUT2D eigenvalue weighted by Crippen LogP contribution is -2.34. The topological polar surface area (TPSA) is 82.5 Å². The average molecular weight is 263 g/mol. The number of rotatable bonds is 2. The molecule has 102 valence electrons. The van der Waals surface area contributed by atoms with Gasteiger partial charge in [-0.15, -0.1) is 0 Å². The molecule has 0 atom stereocenters. The van der Waals surface area contributed by atoms with Gasteiger partial charge in [0, 0.05) is 19.6 Å². The Balaban J connectivity index is 2.19. The van der Waals surface area contributed by atoms with Crippen LogP contribution in [-0.2, 0) is 0 Å². The molecule has 1 aromatic rings. The lowest BCUT2D eigenvalue weighted by molar-refractivity contribution is 0.0692. The molecule has 2 N–H and O–H groups in total. The summed E-state index contributed by atoms with van der Waals surface area (Å²) < 4.78 is 0. The van der Waals surface area contributed by atoms with Crippen molar-refractivity contribution >= 4 is 11.9 Å². The van der Waals surface area contributed by atoms with Gasteiger partial charge in [-0.2, -0.15) is 0 Å². The molecule has 1 amide bonds. The Morgan fingerprint density at radius 3 is 2.79 bits per heavy atom. The molecular formula is C13H17N3O3. The second kappa shape index (κ2) is 5.79. The van der Waals surface area contributed by atoms with Crippen molar-refractivity contribution in [2.75, 3.05) is 26.2 Å². The fourth-order valence-electron chi connectivity index (χ4n) is 2.12. The van der Waals surface area contributed by atoms with Gasteiger partial charge < -0.3 is 15.3 Å². The zero-order valence-electron chi connectivity index (χ0n) is 10.8. The largest absolute Gasteiger partial charge is 0.478 e. The quantitative estimate of drug-likeness (QED) is 0.813. The molecule has 1 saturated heterocycles. The van der Waals surface area contributed by atoms with Crippen LogP contribution in [0, 0.1) is 6.92 Å². The number of carboxylic acids is 1. The number of hydrogen-bond acceptors (Lipinski definition) is 4. The van der Waals surface area contributed by atoms with Crippen LogP contribution in [0.3, 0.4) is 0 Å². The minimum atomic E-state index is -1.03. The van der Waals surface area contributed by atoms with E-state index in [4.69, 9.17) is 5.11 Å². The predicted molar refractivity (Wildman–Crippen MR) is 69.3 cm³/mol. The van der Waals surface area contributed by atoms with Crippen molar-refractivity contribution < 1.29 is 14.7 Å². The summed E-state index contributed by atoms with van der Waals surface area (Å²) in [6.07, 6.45) is 0.915. The van der Waals surface area contributed by atoms with Crippen molar-refractivity contribution in [2.45, 2.75) is 13.3 Å². The van der Waals surface area contributed by atoms with E-state index in [9.17, 15) is 9.59 Å². The molecule has 19 heavy (non-hydrogen) atoms. The number of pyridine rings is 1. The number of nitrogens with one attached hydrogen (secondary N) is 1. The summed E-state index contributed by atoms with van der Waals surface area (Å²) in [5.74, 6) is -1.16. The Hall–Kier alpha value is -1.95. The molecule has 0 aromatic carbocycles. The molecular weight excluding hydrogens is 246 g/mol. The minimum absolute atomic E-state index is 0.133. The summed E-state index contributed by atoms with van der Waals surface area (Å²) in [6.45, 7) is 4.64. The highest BCUT2D eigenvalue weighted by molar-refractivity contribution is 5.94. The van der Waals surface area contributed by atoms with E-state index in [1.54, 1.807) is 11.8 Å². The molecule has 1 aromatic heterocycles. The summed E-state index contributed by atoms with van der Waals surface area (Å²) in [4.78, 5) is 29.0. The molecule has 1 aliphatic heterocycles. The Morgan fingerprint density at radius 1 is 1.32 bits per heavy atom. The van der Waals surface area contributed by atoms with E-state index in [0.29, 0.717) is 24.5 Å². The van der Waals surface area contributed by atoms with Gasteiger partial charge in [0.2, 0.25) is 0 Å². The molecule has 0 spiro atoms. The van der Waals surface area contributed by atoms with E-state index in [0.717, 1.165) is 19.5 Å². The molecule has 2 heterocycles. The monoisotopic (exact) mass is 263 g/mol. The maximum absolute atomic E-state index is 12.3. The van der Waals surface area contributed by atoms with Crippen LogP contribution in [0.2, 0.25) is 0 Å². The van der Waals surface area contributed by atoms with Crippen LogP contribution in [0.15, 0.2) is 12.1 Å². The van der Waals surface area contributed by atoms with E-state index in [-0.39, 0.29) is 11.5 Å². The average Bonchev–Trinajstić information content (AvgIpc) is 2.66. The Bertz CT molecular complexity index is 494. The molecule has 2 rings (SSSR count). The zero-order chi connectivity index (χ0) is 13.8. The molecule has 6 nitrogen and oxygen atoms in total.